The van der Waals surface area contributed by atoms with Crippen LogP contribution in [0.3, 0.4) is 0 Å². The van der Waals surface area contributed by atoms with Gasteiger partial charge in [-0.2, -0.15) is 13.5 Å². The van der Waals surface area contributed by atoms with Crippen molar-refractivity contribution in [1.82, 2.24) is 0 Å². The highest BCUT2D eigenvalue weighted by Gasteiger charge is 2.58. The first-order valence-electron chi connectivity index (χ1n) is 11.9. The Kier molecular flexibility index (Phi) is 6.68. The molecule has 0 aliphatic heterocycles. The summed E-state index contributed by atoms with van der Waals surface area (Å²) in [6, 6.07) is 10.5. The van der Waals surface area contributed by atoms with Crippen LogP contribution in [0.5, 0.6) is 5.75 Å². The smallest absolute Gasteiger partial charge is 0.387 e. The van der Waals surface area contributed by atoms with Crippen molar-refractivity contribution >= 4 is 29.2 Å². The summed E-state index contributed by atoms with van der Waals surface area (Å²) in [6.45, 7) is -3.22. The van der Waals surface area contributed by atoms with Crippen molar-refractivity contribution in [2.45, 2.75) is 38.2 Å². The first-order valence-corrected chi connectivity index (χ1v) is 12.2. The number of amides is 1. The summed E-state index contributed by atoms with van der Waals surface area (Å²) in [6.07, 6.45) is 4.36. The van der Waals surface area contributed by atoms with Gasteiger partial charge in [-0.25, -0.2) is 9.18 Å². The van der Waals surface area contributed by atoms with Crippen molar-refractivity contribution in [3.05, 3.63) is 82.0 Å². The topological polar surface area (TPSA) is 103 Å². The predicted octanol–water partition coefficient (Wildman–Crippen LogP) is 5.99. The number of pyridine rings is 1. The van der Waals surface area contributed by atoms with Crippen LogP contribution in [0.2, 0.25) is 5.02 Å². The molecule has 198 valence electrons. The fourth-order valence-electron chi connectivity index (χ4n) is 5.50. The SMILES string of the molecule is O=C(O)c1ccc(NC(=O)C(CC23CC(C2)C3)c2ccc(-c3c(OC(F)F)ccc(Cl)c3F)c[n+]2[O-])cc1. The molecule has 0 radical (unpaired) electrons. The van der Waals surface area contributed by atoms with Gasteiger partial charge in [0.2, 0.25) is 11.6 Å². The van der Waals surface area contributed by atoms with Gasteiger partial charge in [0.15, 0.2) is 12.0 Å². The lowest BCUT2D eigenvalue weighted by Crippen LogP contribution is -2.53. The van der Waals surface area contributed by atoms with Crippen LogP contribution in [0.25, 0.3) is 11.1 Å². The van der Waals surface area contributed by atoms with E-state index >= 15 is 0 Å². The molecule has 1 aromatic heterocycles. The molecular formula is C27H22ClF3N2O5. The Hall–Kier alpha value is -3.79. The normalized spacial score (nSPS) is 20.3. The molecule has 2 bridgehead atoms. The molecule has 1 amide bonds. The molecule has 3 saturated carbocycles. The van der Waals surface area contributed by atoms with Gasteiger partial charge >= 0.3 is 12.6 Å². The van der Waals surface area contributed by atoms with E-state index in [-0.39, 0.29) is 27.3 Å². The van der Waals surface area contributed by atoms with E-state index in [9.17, 15) is 28.0 Å². The number of rotatable bonds is 9. The molecule has 2 N–H and O–H groups in total. The third-order valence-corrected chi connectivity index (χ3v) is 7.67. The molecule has 38 heavy (non-hydrogen) atoms. The zero-order valence-electron chi connectivity index (χ0n) is 19.8. The zero-order chi connectivity index (χ0) is 27.2. The van der Waals surface area contributed by atoms with Crippen molar-refractivity contribution < 1.29 is 37.3 Å². The van der Waals surface area contributed by atoms with E-state index < -0.39 is 41.5 Å². The summed E-state index contributed by atoms with van der Waals surface area (Å²) in [5.41, 5.74) is 0.0671. The monoisotopic (exact) mass is 546 g/mol. The molecule has 0 spiro atoms. The van der Waals surface area contributed by atoms with E-state index in [0.717, 1.165) is 37.6 Å². The number of carboxylic acid groups (broad SMARTS) is 1. The Bertz CT molecular complexity index is 1400. The molecule has 3 aliphatic carbocycles. The number of ether oxygens (including phenoxy) is 1. The predicted molar refractivity (Wildman–Crippen MR) is 132 cm³/mol. The molecule has 11 heteroatoms. The van der Waals surface area contributed by atoms with Gasteiger partial charge in [-0.3, -0.25) is 4.79 Å². The van der Waals surface area contributed by atoms with Crippen LogP contribution in [0, 0.1) is 22.4 Å². The number of benzene rings is 2. The molecule has 6 rings (SSSR count). The van der Waals surface area contributed by atoms with Gasteiger partial charge in [-0.1, -0.05) is 11.6 Å². The maximum absolute atomic E-state index is 14.9. The number of alkyl halides is 2. The largest absolute Gasteiger partial charge is 0.618 e. The first kappa shape index (κ1) is 25.8. The minimum atomic E-state index is -3.22. The van der Waals surface area contributed by atoms with Gasteiger partial charge in [0, 0.05) is 11.8 Å². The van der Waals surface area contributed by atoms with Crippen LogP contribution in [0.15, 0.2) is 54.7 Å². The maximum atomic E-state index is 14.9. The van der Waals surface area contributed by atoms with Gasteiger partial charge in [-0.05, 0) is 79.5 Å². The summed E-state index contributed by atoms with van der Waals surface area (Å²) in [5.74, 6) is -3.28. The number of carbonyl (C=O) groups excluding carboxylic acids is 1. The number of anilines is 1. The fourth-order valence-corrected chi connectivity index (χ4v) is 5.66. The number of carboxylic acids is 1. The van der Waals surface area contributed by atoms with Gasteiger partial charge in [0.05, 0.1) is 21.7 Å². The van der Waals surface area contributed by atoms with E-state index in [1.807, 2.05) is 0 Å². The van der Waals surface area contributed by atoms with Gasteiger partial charge < -0.3 is 20.4 Å². The molecule has 1 unspecified atom stereocenters. The summed E-state index contributed by atoms with van der Waals surface area (Å²) < 4.78 is 45.5. The van der Waals surface area contributed by atoms with E-state index in [1.165, 1.54) is 36.4 Å². The number of nitrogens with zero attached hydrogens (tertiary/aromatic N) is 1. The van der Waals surface area contributed by atoms with Crippen LogP contribution in [-0.2, 0) is 4.79 Å². The van der Waals surface area contributed by atoms with Gasteiger partial charge in [-0.15, -0.1) is 0 Å². The molecule has 1 atom stereocenters. The van der Waals surface area contributed by atoms with E-state index in [4.69, 9.17) is 16.7 Å². The Morgan fingerprint density at radius 3 is 2.37 bits per heavy atom. The zero-order valence-corrected chi connectivity index (χ0v) is 20.6. The number of aromatic nitrogens is 1. The Balaban J connectivity index is 1.47. The molecule has 3 aromatic rings. The number of carbonyl (C=O) groups is 2. The number of nitrogens with one attached hydrogen (secondary N) is 1. The van der Waals surface area contributed by atoms with E-state index in [1.54, 1.807) is 0 Å². The third-order valence-electron chi connectivity index (χ3n) is 7.38. The Morgan fingerprint density at radius 1 is 1.13 bits per heavy atom. The highest BCUT2D eigenvalue weighted by Crippen LogP contribution is 2.67. The van der Waals surface area contributed by atoms with Crippen LogP contribution >= 0.6 is 11.6 Å². The summed E-state index contributed by atoms with van der Waals surface area (Å²) in [5, 5.41) is 24.7. The lowest BCUT2D eigenvalue weighted by Gasteiger charge is -2.62. The van der Waals surface area contributed by atoms with Crippen molar-refractivity contribution in [3.8, 4) is 16.9 Å². The average molecular weight is 547 g/mol. The maximum Gasteiger partial charge on any atom is 0.387 e. The van der Waals surface area contributed by atoms with Crippen LogP contribution in [-0.4, -0.2) is 23.6 Å². The molecule has 2 aromatic carbocycles. The molecule has 3 aliphatic rings. The van der Waals surface area contributed by atoms with Crippen LogP contribution in [0.1, 0.15) is 47.7 Å². The number of hydrogen-bond donors (Lipinski definition) is 2. The summed E-state index contributed by atoms with van der Waals surface area (Å²) in [7, 11) is 0. The van der Waals surface area contributed by atoms with Crippen molar-refractivity contribution in [2.24, 2.45) is 11.3 Å². The second kappa shape index (κ2) is 9.83. The van der Waals surface area contributed by atoms with Crippen LogP contribution < -0.4 is 14.8 Å². The number of aromatic carboxylic acids is 1. The Morgan fingerprint density at radius 2 is 1.82 bits per heavy atom. The van der Waals surface area contributed by atoms with Gasteiger partial charge in [0.25, 0.3) is 0 Å². The van der Waals surface area contributed by atoms with Crippen molar-refractivity contribution in [1.29, 1.82) is 0 Å². The molecule has 1 heterocycles. The molecule has 0 saturated heterocycles. The number of halogens is 4. The molecule has 7 nitrogen and oxygen atoms in total. The lowest BCUT2D eigenvalue weighted by molar-refractivity contribution is -0.614. The quantitative estimate of drug-likeness (QED) is 0.253. The second-order valence-corrected chi connectivity index (χ2v) is 10.3. The standard InChI is InChI=1S/C27H22ClF3N2O5/c28-19-6-8-21(38-26(30)31)22(23(19)29)16-3-7-20(33(37)13-16)18(12-27-9-14(10-27)11-27)24(34)32-17-4-1-15(2-5-17)25(35)36/h1-8,13-14,18,26H,9-12H2,(H,32,34)(H,35,36). The fraction of sp³-hybridized carbons (Fsp3) is 0.296. The summed E-state index contributed by atoms with van der Waals surface area (Å²) >= 11 is 5.85. The highest BCUT2D eigenvalue weighted by molar-refractivity contribution is 6.31. The van der Waals surface area contributed by atoms with E-state index in [0.29, 0.717) is 22.8 Å². The Labute approximate surface area is 220 Å². The lowest BCUT2D eigenvalue weighted by atomic mass is 9.42. The van der Waals surface area contributed by atoms with Crippen molar-refractivity contribution in [2.75, 3.05) is 5.32 Å². The minimum absolute atomic E-state index is 0.0250. The minimum Gasteiger partial charge on any atom is -0.618 e. The first-order chi connectivity index (χ1) is 18.0. The third kappa shape index (κ3) is 4.88. The van der Waals surface area contributed by atoms with Crippen molar-refractivity contribution in [3.63, 3.8) is 0 Å². The summed E-state index contributed by atoms with van der Waals surface area (Å²) in [4.78, 5) is 24.5. The average Bonchev–Trinajstić information content (AvgIpc) is 2.81. The molecule has 3 fully saturated rings. The number of hydrogen-bond acceptors (Lipinski definition) is 4. The van der Waals surface area contributed by atoms with E-state index in [2.05, 4.69) is 10.1 Å². The van der Waals surface area contributed by atoms with Gasteiger partial charge in [0.1, 0.15) is 11.7 Å². The van der Waals surface area contributed by atoms with Crippen LogP contribution in [0.4, 0.5) is 18.9 Å². The molecular weight excluding hydrogens is 525 g/mol. The second-order valence-electron chi connectivity index (χ2n) is 9.89. The highest BCUT2D eigenvalue weighted by atomic mass is 35.5.